The molecule has 0 aliphatic heterocycles. The van der Waals surface area contributed by atoms with Crippen molar-refractivity contribution in [1.29, 1.82) is 0 Å². The summed E-state index contributed by atoms with van der Waals surface area (Å²) in [5.74, 6) is 1.14. The van der Waals surface area contributed by atoms with Crippen LogP contribution in [0.5, 0.6) is 11.5 Å². The van der Waals surface area contributed by atoms with Crippen molar-refractivity contribution >= 4 is 15.9 Å². The molecule has 0 amide bonds. The van der Waals surface area contributed by atoms with E-state index in [2.05, 4.69) is 21.2 Å². The number of halogens is 4. The second-order valence-corrected chi connectivity index (χ2v) is 5.50. The van der Waals surface area contributed by atoms with Gasteiger partial charge in [0.25, 0.3) is 0 Å². The molecule has 0 saturated heterocycles. The highest BCUT2D eigenvalue weighted by Crippen LogP contribution is 2.36. The minimum atomic E-state index is -4.16. The Labute approximate surface area is 130 Å². The number of alkyl halides is 3. The van der Waals surface area contributed by atoms with E-state index in [1.54, 1.807) is 12.1 Å². The third-order valence-electron chi connectivity index (χ3n) is 2.77. The number of methoxy groups -OCH3 is 1. The van der Waals surface area contributed by atoms with Gasteiger partial charge in [-0.25, -0.2) is 0 Å². The fourth-order valence-electron chi connectivity index (χ4n) is 1.87. The lowest BCUT2D eigenvalue weighted by Crippen LogP contribution is -2.30. The normalized spacial score (nSPS) is 13.1. The van der Waals surface area contributed by atoms with E-state index in [0.29, 0.717) is 29.1 Å². The van der Waals surface area contributed by atoms with Gasteiger partial charge in [-0.05, 0) is 47.5 Å². The van der Waals surface area contributed by atoms with Gasteiger partial charge >= 0.3 is 6.18 Å². The second-order valence-electron chi connectivity index (χ2n) is 4.64. The zero-order valence-electron chi connectivity index (χ0n) is 12.2. The van der Waals surface area contributed by atoms with Crippen LogP contribution in [0, 0.1) is 0 Å². The van der Waals surface area contributed by atoms with Crippen LogP contribution in [0.15, 0.2) is 16.6 Å². The summed E-state index contributed by atoms with van der Waals surface area (Å²) >= 11 is 3.38. The molecule has 1 N–H and O–H groups in total. The Balaban J connectivity index is 2.74. The van der Waals surface area contributed by atoms with Crippen LogP contribution >= 0.6 is 15.9 Å². The number of nitrogens with one attached hydrogen (secondary N) is 1. The number of rotatable bonds is 7. The first-order chi connectivity index (χ1) is 9.76. The number of benzene rings is 1. The first-order valence-electron chi connectivity index (χ1n) is 6.56. The highest BCUT2D eigenvalue weighted by Gasteiger charge is 2.29. The topological polar surface area (TPSA) is 30.5 Å². The summed E-state index contributed by atoms with van der Waals surface area (Å²) in [4.78, 5) is 0. The van der Waals surface area contributed by atoms with Gasteiger partial charge in [-0.3, -0.25) is 0 Å². The molecule has 1 aromatic carbocycles. The lowest BCUT2D eigenvalue weighted by Gasteiger charge is -2.17. The quantitative estimate of drug-likeness (QED) is 0.777. The van der Waals surface area contributed by atoms with E-state index in [-0.39, 0.29) is 0 Å². The Morgan fingerprint density at radius 2 is 2.00 bits per heavy atom. The zero-order chi connectivity index (χ0) is 16.0. The third kappa shape index (κ3) is 6.13. The van der Waals surface area contributed by atoms with Gasteiger partial charge in [0.1, 0.15) is 0 Å². The minimum absolute atomic E-state index is 0.318. The predicted octanol–water partition coefficient (Wildman–Crippen LogP) is 4.29. The van der Waals surface area contributed by atoms with Crippen LogP contribution in [-0.2, 0) is 6.54 Å². The average Bonchev–Trinajstić information content (AvgIpc) is 2.37. The van der Waals surface area contributed by atoms with E-state index >= 15 is 0 Å². The first kappa shape index (κ1) is 18.1. The van der Waals surface area contributed by atoms with Crippen molar-refractivity contribution in [3.63, 3.8) is 0 Å². The summed E-state index contributed by atoms with van der Waals surface area (Å²) in [6.07, 6.45) is -5.02. The van der Waals surface area contributed by atoms with Crippen molar-refractivity contribution in [2.45, 2.75) is 39.0 Å². The van der Waals surface area contributed by atoms with Gasteiger partial charge in [-0.2, -0.15) is 13.2 Å². The SMILES string of the molecule is CCOc1c(Br)cc(CNC(C)CC(F)(F)F)cc1OC. The minimum Gasteiger partial charge on any atom is -0.493 e. The van der Waals surface area contributed by atoms with E-state index in [1.165, 1.54) is 14.0 Å². The average molecular weight is 370 g/mol. The summed E-state index contributed by atoms with van der Waals surface area (Å²) in [6, 6.07) is 2.91. The Hall–Kier alpha value is -0.950. The molecular weight excluding hydrogens is 351 g/mol. The standard InChI is InChI=1S/C14H19BrF3NO2/c1-4-21-13-11(15)5-10(6-12(13)20-3)8-19-9(2)7-14(16,17)18/h5-6,9,19H,4,7-8H2,1-3H3. The van der Waals surface area contributed by atoms with E-state index < -0.39 is 18.6 Å². The van der Waals surface area contributed by atoms with E-state index in [1.807, 2.05) is 6.92 Å². The monoisotopic (exact) mass is 369 g/mol. The van der Waals surface area contributed by atoms with Crippen molar-refractivity contribution in [2.24, 2.45) is 0 Å². The maximum Gasteiger partial charge on any atom is 0.390 e. The Kier molecular flexibility index (Phi) is 6.80. The molecule has 0 aliphatic rings. The molecule has 7 heteroatoms. The van der Waals surface area contributed by atoms with Crippen molar-refractivity contribution in [2.75, 3.05) is 13.7 Å². The Morgan fingerprint density at radius 3 is 2.52 bits per heavy atom. The first-order valence-corrected chi connectivity index (χ1v) is 7.35. The van der Waals surface area contributed by atoms with E-state index in [0.717, 1.165) is 5.56 Å². The molecule has 1 unspecified atom stereocenters. The lowest BCUT2D eigenvalue weighted by atomic mass is 10.1. The smallest absolute Gasteiger partial charge is 0.390 e. The van der Waals surface area contributed by atoms with Gasteiger partial charge in [0.2, 0.25) is 0 Å². The fraction of sp³-hybridized carbons (Fsp3) is 0.571. The lowest BCUT2D eigenvalue weighted by molar-refractivity contribution is -0.139. The molecule has 0 spiro atoms. The van der Waals surface area contributed by atoms with Crippen LogP contribution in [0.2, 0.25) is 0 Å². The van der Waals surface area contributed by atoms with Gasteiger partial charge in [-0.15, -0.1) is 0 Å². The maximum atomic E-state index is 12.3. The van der Waals surface area contributed by atoms with Gasteiger partial charge in [0.05, 0.1) is 24.6 Å². The molecule has 120 valence electrons. The number of hydrogen-bond acceptors (Lipinski definition) is 3. The molecule has 3 nitrogen and oxygen atoms in total. The summed E-state index contributed by atoms with van der Waals surface area (Å²) in [5, 5.41) is 2.85. The largest absolute Gasteiger partial charge is 0.493 e. The van der Waals surface area contributed by atoms with E-state index in [9.17, 15) is 13.2 Å². The van der Waals surface area contributed by atoms with Crippen molar-refractivity contribution < 1.29 is 22.6 Å². The van der Waals surface area contributed by atoms with Crippen LogP contribution in [0.4, 0.5) is 13.2 Å². The highest BCUT2D eigenvalue weighted by molar-refractivity contribution is 9.10. The number of hydrogen-bond donors (Lipinski definition) is 1. The Morgan fingerprint density at radius 1 is 1.33 bits per heavy atom. The third-order valence-corrected chi connectivity index (χ3v) is 3.36. The van der Waals surface area contributed by atoms with Crippen molar-refractivity contribution in [3.05, 3.63) is 22.2 Å². The van der Waals surface area contributed by atoms with Crippen LogP contribution in [0.3, 0.4) is 0 Å². The molecule has 0 bridgehead atoms. The number of ether oxygens (including phenoxy) is 2. The van der Waals surface area contributed by atoms with Crippen LogP contribution in [-0.4, -0.2) is 25.9 Å². The van der Waals surface area contributed by atoms with Crippen LogP contribution < -0.4 is 14.8 Å². The molecule has 0 fully saturated rings. The molecule has 0 aromatic heterocycles. The van der Waals surface area contributed by atoms with Gasteiger partial charge in [-0.1, -0.05) is 0 Å². The summed E-state index contributed by atoms with van der Waals surface area (Å²) in [5.41, 5.74) is 0.816. The second kappa shape index (κ2) is 7.89. The summed E-state index contributed by atoms with van der Waals surface area (Å²) in [6.45, 7) is 4.18. The molecule has 0 saturated carbocycles. The van der Waals surface area contributed by atoms with Crippen LogP contribution in [0.25, 0.3) is 0 Å². The van der Waals surface area contributed by atoms with Crippen molar-refractivity contribution in [3.8, 4) is 11.5 Å². The Bertz CT molecular complexity index is 466. The zero-order valence-corrected chi connectivity index (χ0v) is 13.8. The molecule has 0 radical (unpaired) electrons. The molecule has 0 heterocycles. The molecule has 1 atom stereocenters. The molecule has 1 rings (SSSR count). The molecule has 21 heavy (non-hydrogen) atoms. The molecular formula is C14H19BrF3NO2. The van der Waals surface area contributed by atoms with Crippen molar-refractivity contribution in [1.82, 2.24) is 5.32 Å². The summed E-state index contributed by atoms with van der Waals surface area (Å²) < 4.78 is 48.2. The molecule has 1 aromatic rings. The summed E-state index contributed by atoms with van der Waals surface area (Å²) in [7, 11) is 1.52. The molecule has 0 aliphatic carbocycles. The highest BCUT2D eigenvalue weighted by atomic mass is 79.9. The predicted molar refractivity (Wildman–Crippen MR) is 78.8 cm³/mol. The van der Waals surface area contributed by atoms with Gasteiger partial charge in [0, 0.05) is 12.6 Å². The van der Waals surface area contributed by atoms with Gasteiger partial charge in [0.15, 0.2) is 11.5 Å². The fourth-order valence-corrected chi connectivity index (χ4v) is 2.48. The maximum absolute atomic E-state index is 12.3. The van der Waals surface area contributed by atoms with Crippen LogP contribution in [0.1, 0.15) is 25.8 Å². The van der Waals surface area contributed by atoms with Gasteiger partial charge < -0.3 is 14.8 Å². The van der Waals surface area contributed by atoms with E-state index in [4.69, 9.17) is 9.47 Å².